The van der Waals surface area contributed by atoms with Gasteiger partial charge >= 0.3 is 5.97 Å². The van der Waals surface area contributed by atoms with Crippen molar-refractivity contribution in [2.24, 2.45) is 0 Å². The molecule has 0 aromatic carbocycles. The lowest BCUT2D eigenvalue weighted by atomic mass is 10.1. The monoisotopic (exact) mass is 212 g/mol. The van der Waals surface area contributed by atoms with Gasteiger partial charge in [0.25, 0.3) is 0 Å². The first-order valence-electron chi connectivity index (χ1n) is 4.40. The maximum absolute atomic E-state index is 10.6. The average molecular weight is 213 g/mol. The van der Waals surface area contributed by atoms with Gasteiger partial charge in [-0.05, 0) is 24.4 Å². The van der Waals surface area contributed by atoms with E-state index in [0.717, 1.165) is 18.5 Å². The summed E-state index contributed by atoms with van der Waals surface area (Å²) in [7, 11) is 0. The number of rotatable bonds is 3. The summed E-state index contributed by atoms with van der Waals surface area (Å²) >= 11 is 5.66. The molecule has 0 aliphatic heterocycles. The quantitative estimate of drug-likeness (QED) is 0.774. The summed E-state index contributed by atoms with van der Waals surface area (Å²) in [5, 5.41) is 8.87. The molecule has 4 nitrogen and oxygen atoms in total. The molecule has 74 valence electrons. The van der Waals surface area contributed by atoms with Gasteiger partial charge in [-0.25, -0.2) is 9.97 Å². The lowest BCUT2D eigenvalue weighted by molar-refractivity contribution is -0.136. The Balaban J connectivity index is 2.32. The molecule has 1 heterocycles. The second-order valence-electron chi connectivity index (χ2n) is 3.39. The van der Waals surface area contributed by atoms with Gasteiger partial charge in [0.1, 0.15) is 0 Å². The molecule has 0 saturated heterocycles. The maximum atomic E-state index is 10.6. The van der Waals surface area contributed by atoms with Crippen molar-refractivity contribution in [3.05, 3.63) is 22.7 Å². The molecule has 1 aliphatic carbocycles. The Morgan fingerprint density at radius 2 is 2.36 bits per heavy atom. The molecule has 0 bridgehead atoms. The highest BCUT2D eigenvalue weighted by Gasteiger charge is 2.28. The summed E-state index contributed by atoms with van der Waals surface area (Å²) in [6, 6.07) is 0. The molecule has 2 rings (SSSR count). The lowest BCUT2D eigenvalue weighted by Crippen LogP contribution is -2.06. The van der Waals surface area contributed by atoms with Crippen LogP contribution in [-0.4, -0.2) is 21.0 Å². The van der Waals surface area contributed by atoms with Crippen LogP contribution in [0.2, 0.25) is 5.28 Å². The fraction of sp³-hybridized carbons (Fsp3) is 0.444. The van der Waals surface area contributed by atoms with Gasteiger partial charge in [0.15, 0.2) is 0 Å². The van der Waals surface area contributed by atoms with E-state index in [-0.39, 0.29) is 11.7 Å². The third-order valence-corrected chi connectivity index (χ3v) is 2.36. The van der Waals surface area contributed by atoms with Crippen LogP contribution in [0.1, 0.15) is 30.0 Å². The van der Waals surface area contributed by atoms with E-state index in [2.05, 4.69) is 9.97 Å². The van der Waals surface area contributed by atoms with E-state index in [1.165, 1.54) is 6.20 Å². The predicted octanol–water partition coefficient (Wildman–Crippen LogP) is 1.63. The van der Waals surface area contributed by atoms with Crippen LogP contribution in [0.5, 0.6) is 0 Å². The molecule has 1 fully saturated rings. The van der Waals surface area contributed by atoms with Gasteiger partial charge < -0.3 is 5.11 Å². The summed E-state index contributed by atoms with van der Waals surface area (Å²) in [6.07, 6.45) is 3.63. The molecule has 0 radical (unpaired) electrons. The van der Waals surface area contributed by atoms with Crippen molar-refractivity contribution < 1.29 is 9.90 Å². The molecule has 0 spiro atoms. The number of carboxylic acid groups (broad SMARTS) is 1. The van der Waals surface area contributed by atoms with Gasteiger partial charge in [0, 0.05) is 17.7 Å². The Morgan fingerprint density at radius 1 is 1.64 bits per heavy atom. The molecule has 5 heteroatoms. The molecule has 1 saturated carbocycles. The zero-order valence-electron chi connectivity index (χ0n) is 7.40. The van der Waals surface area contributed by atoms with Crippen LogP contribution in [-0.2, 0) is 11.2 Å². The highest BCUT2D eigenvalue weighted by Crippen LogP contribution is 2.40. The van der Waals surface area contributed by atoms with E-state index < -0.39 is 5.97 Å². The van der Waals surface area contributed by atoms with Gasteiger partial charge in [0.2, 0.25) is 5.28 Å². The summed E-state index contributed by atoms with van der Waals surface area (Å²) in [5.74, 6) is -0.470. The van der Waals surface area contributed by atoms with E-state index in [4.69, 9.17) is 16.7 Å². The first-order valence-corrected chi connectivity index (χ1v) is 4.77. The third kappa shape index (κ3) is 2.01. The van der Waals surface area contributed by atoms with Gasteiger partial charge in [0.05, 0.1) is 12.1 Å². The molecule has 1 aliphatic rings. The van der Waals surface area contributed by atoms with Crippen molar-refractivity contribution in [1.82, 2.24) is 9.97 Å². The van der Waals surface area contributed by atoms with Crippen LogP contribution in [0.25, 0.3) is 0 Å². The molecule has 1 aromatic heterocycles. The minimum absolute atomic E-state index is 0.0248. The Labute approximate surface area is 85.9 Å². The number of hydrogen-bond donors (Lipinski definition) is 1. The fourth-order valence-electron chi connectivity index (χ4n) is 1.41. The smallest absolute Gasteiger partial charge is 0.307 e. The van der Waals surface area contributed by atoms with E-state index in [1.54, 1.807) is 0 Å². The Hall–Kier alpha value is -1.16. The summed E-state index contributed by atoms with van der Waals surface area (Å²) in [5.41, 5.74) is 1.50. The standard InChI is InChI=1S/C9H9ClN2O2/c10-9-11-4-6(3-7(13)14)8(12-9)5-1-2-5/h4-5H,1-3H2,(H,13,14). The van der Waals surface area contributed by atoms with Crippen molar-refractivity contribution in [3.63, 3.8) is 0 Å². The van der Waals surface area contributed by atoms with Crippen LogP contribution in [0.15, 0.2) is 6.20 Å². The van der Waals surface area contributed by atoms with Gasteiger partial charge in [-0.2, -0.15) is 0 Å². The van der Waals surface area contributed by atoms with Gasteiger partial charge in [-0.1, -0.05) is 0 Å². The highest BCUT2D eigenvalue weighted by molar-refractivity contribution is 6.28. The van der Waals surface area contributed by atoms with Crippen molar-refractivity contribution in [2.75, 3.05) is 0 Å². The molecule has 1 N–H and O–H groups in total. The number of halogens is 1. The van der Waals surface area contributed by atoms with Crippen LogP contribution in [0.4, 0.5) is 0 Å². The zero-order chi connectivity index (χ0) is 10.1. The lowest BCUT2D eigenvalue weighted by Gasteiger charge is -2.04. The molecular formula is C9H9ClN2O2. The Morgan fingerprint density at radius 3 is 2.93 bits per heavy atom. The van der Waals surface area contributed by atoms with E-state index >= 15 is 0 Å². The molecule has 0 amide bonds. The number of hydrogen-bond acceptors (Lipinski definition) is 3. The largest absolute Gasteiger partial charge is 0.481 e. The molecule has 14 heavy (non-hydrogen) atoms. The minimum Gasteiger partial charge on any atom is -0.481 e. The topological polar surface area (TPSA) is 63.1 Å². The summed E-state index contributed by atoms with van der Waals surface area (Å²) in [6.45, 7) is 0. The third-order valence-electron chi connectivity index (χ3n) is 2.17. The minimum atomic E-state index is -0.863. The molecule has 0 unspecified atom stereocenters. The summed E-state index contributed by atoms with van der Waals surface area (Å²) < 4.78 is 0. The zero-order valence-corrected chi connectivity index (χ0v) is 8.16. The van der Waals surface area contributed by atoms with Crippen LogP contribution in [0, 0.1) is 0 Å². The first-order chi connectivity index (χ1) is 6.66. The van der Waals surface area contributed by atoms with Crippen LogP contribution in [0.3, 0.4) is 0 Å². The number of aromatic nitrogens is 2. The molecular weight excluding hydrogens is 204 g/mol. The number of carbonyl (C=O) groups is 1. The Bertz CT molecular complexity index is 377. The van der Waals surface area contributed by atoms with Crippen molar-refractivity contribution in [3.8, 4) is 0 Å². The Kier molecular flexibility index (Phi) is 2.37. The van der Waals surface area contributed by atoms with Crippen LogP contribution < -0.4 is 0 Å². The number of aliphatic carboxylic acids is 1. The van der Waals surface area contributed by atoms with Gasteiger partial charge in [-0.3, -0.25) is 4.79 Å². The molecule has 1 aromatic rings. The number of nitrogens with zero attached hydrogens (tertiary/aromatic N) is 2. The maximum Gasteiger partial charge on any atom is 0.307 e. The van der Waals surface area contributed by atoms with E-state index in [0.29, 0.717) is 11.5 Å². The second-order valence-corrected chi connectivity index (χ2v) is 3.73. The second kappa shape index (κ2) is 3.53. The predicted molar refractivity (Wildman–Crippen MR) is 50.4 cm³/mol. The van der Waals surface area contributed by atoms with Crippen molar-refractivity contribution in [1.29, 1.82) is 0 Å². The molecule has 0 atom stereocenters. The van der Waals surface area contributed by atoms with Crippen molar-refractivity contribution in [2.45, 2.75) is 25.2 Å². The average Bonchev–Trinajstić information content (AvgIpc) is 2.90. The van der Waals surface area contributed by atoms with Crippen LogP contribution >= 0.6 is 11.6 Å². The van der Waals surface area contributed by atoms with E-state index in [9.17, 15) is 4.79 Å². The van der Waals surface area contributed by atoms with Gasteiger partial charge in [-0.15, -0.1) is 0 Å². The van der Waals surface area contributed by atoms with E-state index in [1.807, 2.05) is 0 Å². The highest BCUT2D eigenvalue weighted by atomic mass is 35.5. The SMILES string of the molecule is O=C(O)Cc1cnc(Cl)nc1C1CC1. The number of carboxylic acids is 1. The van der Waals surface area contributed by atoms with Crippen molar-refractivity contribution >= 4 is 17.6 Å². The fourth-order valence-corrected chi connectivity index (χ4v) is 1.55. The summed E-state index contributed by atoms with van der Waals surface area (Å²) in [4.78, 5) is 18.4. The normalized spacial score (nSPS) is 15.5. The first kappa shape index (κ1) is 9.40.